The van der Waals surface area contributed by atoms with Crippen molar-refractivity contribution in [3.63, 3.8) is 0 Å². The Morgan fingerprint density at radius 2 is 1.63 bits per heavy atom. The molecular weight excluding hydrogens is 252 g/mol. The van der Waals surface area contributed by atoms with Gasteiger partial charge in [-0.15, -0.1) is 0 Å². The van der Waals surface area contributed by atoms with E-state index in [0.717, 1.165) is 5.56 Å². The molecule has 0 aromatic heterocycles. The lowest BCUT2D eigenvalue weighted by Gasteiger charge is -2.05. The standard InChI is InChI=1S/C16H16N2S/c17-16(18)12-5-7-14(8-6-12)19-15-9-4-11-2-1-3-13(11)10-15/h4-10H,1-3H2,(H3,17,18). The van der Waals surface area contributed by atoms with Crippen LogP contribution in [0.15, 0.2) is 52.3 Å². The minimum atomic E-state index is 0.120. The Kier molecular flexibility index (Phi) is 3.30. The second-order valence-corrected chi connectivity index (χ2v) is 5.97. The van der Waals surface area contributed by atoms with Gasteiger partial charge < -0.3 is 5.73 Å². The van der Waals surface area contributed by atoms with Gasteiger partial charge in [0.05, 0.1) is 0 Å². The highest BCUT2D eigenvalue weighted by Gasteiger charge is 2.11. The van der Waals surface area contributed by atoms with E-state index >= 15 is 0 Å². The molecule has 3 heteroatoms. The van der Waals surface area contributed by atoms with Gasteiger partial charge >= 0.3 is 0 Å². The SMILES string of the molecule is N=C(N)c1ccc(Sc2ccc3c(c2)CCC3)cc1. The number of aryl methyl sites for hydroxylation is 2. The second-order valence-electron chi connectivity index (χ2n) is 4.82. The minimum Gasteiger partial charge on any atom is -0.384 e. The summed E-state index contributed by atoms with van der Waals surface area (Å²) in [7, 11) is 0. The molecule has 2 aromatic carbocycles. The van der Waals surface area contributed by atoms with E-state index in [0.29, 0.717) is 0 Å². The van der Waals surface area contributed by atoms with Gasteiger partial charge in [0.2, 0.25) is 0 Å². The fourth-order valence-electron chi connectivity index (χ4n) is 2.45. The number of hydrogen-bond donors (Lipinski definition) is 2. The number of amidine groups is 1. The first-order valence-corrected chi connectivity index (χ1v) is 7.28. The Labute approximate surface area is 117 Å². The maximum Gasteiger partial charge on any atom is 0.122 e. The van der Waals surface area contributed by atoms with Crippen molar-refractivity contribution in [3.05, 3.63) is 59.2 Å². The maximum atomic E-state index is 7.38. The molecule has 1 aliphatic carbocycles. The van der Waals surface area contributed by atoms with E-state index in [2.05, 4.69) is 18.2 Å². The van der Waals surface area contributed by atoms with Crippen molar-refractivity contribution >= 4 is 17.6 Å². The predicted octanol–water partition coefficient (Wildman–Crippen LogP) is 3.61. The van der Waals surface area contributed by atoms with Gasteiger partial charge in [-0.3, -0.25) is 5.41 Å². The van der Waals surface area contributed by atoms with Crippen LogP contribution < -0.4 is 5.73 Å². The van der Waals surface area contributed by atoms with Crippen molar-refractivity contribution < 1.29 is 0 Å². The predicted molar refractivity (Wildman–Crippen MR) is 80.0 cm³/mol. The summed E-state index contributed by atoms with van der Waals surface area (Å²) in [5.74, 6) is 0.120. The Morgan fingerprint density at radius 3 is 2.37 bits per heavy atom. The van der Waals surface area contributed by atoms with Crippen molar-refractivity contribution in [1.29, 1.82) is 5.41 Å². The molecule has 0 radical (unpaired) electrons. The first-order chi connectivity index (χ1) is 9.22. The minimum absolute atomic E-state index is 0.120. The van der Waals surface area contributed by atoms with E-state index in [-0.39, 0.29) is 5.84 Å². The van der Waals surface area contributed by atoms with Gasteiger partial charge in [0, 0.05) is 15.4 Å². The third-order valence-corrected chi connectivity index (χ3v) is 4.47. The molecule has 0 heterocycles. The molecule has 0 saturated carbocycles. The Balaban J connectivity index is 1.79. The summed E-state index contributed by atoms with van der Waals surface area (Å²) >= 11 is 1.76. The maximum absolute atomic E-state index is 7.38. The number of nitrogen functional groups attached to an aromatic ring is 1. The van der Waals surface area contributed by atoms with E-state index in [4.69, 9.17) is 11.1 Å². The van der Waals surface area contributed by atoms with Crippen LogP contribution >= 0.6 is 11.8 Å². The molecule has 2 nitrogen and oxygen atoms in total. The van der Waals surface area contributed by atoms with Crippen molar-refractivity contribution in [2.75, 3.05) is 0 Å². The lowest BCUT2D eigenvalue weighted by atomic mass is 10.1. The summed E-state index contributed by atoms with van der Waals surface area (Å²) in [6.07, 6.45) is 3.73. The fraction of sp³-hybridized carbons (Fsp3) is 0.188. The molecule has 0 atom stereocenters. The largest absolute Gasteiger partial charge is 0.384 e. The summed E-state index contributed by atoms with van der Waals surface area (Å²) in [5, 5.41) is 7.38. The highest BCUT2D eigenvalue weighted by atomic mass is 32.2. The lowest BCUT2D eigenvalue weighted by molar-refractivity contribution is 0.911. The zero-order valence-electron chi connectivity index (χ0n) is 10.6. The van der Waals surface area contributed by atoms with Crippen molar-refractivity contribution in [1.82, 2.24) is 0 Å². The van der Waals surface area contributed by atoms with Gasteiger partial charge in [-0.05, 0) is 54.7 Å². The van der Waals surface area contributed by atoms with Crippen molar-refractivity contribution in [2.45, 2.75) is 29.1 Å². The molecule has 0 spiro atoms. The summed E-state index contributed by atoms with van der Waals surface area (Å²) in [6.45, 7) is 0. The Bertz CT molecular complexity index is 617. The number of nitrogens with two attached hydrogens (primary N) is 1. The van der Waals surface area contributed by atoms with E-state index in [1.807, 2.05) is 24.3 Å². The second kappa shape index (κ2) is 5.10. The van der Waals surface area contributed by atoms with Crippen LogP contribution in [0.1, 0.15) is 23.1 Å². The van der Waals surface area contributed by atoms with E-state index < -0.39 is 0 Å². The van der Waals surface area contributed by atoms with Crippen molar-refractivity contribution in [3.8, 4) is 0 Å². The molecule has 0 saturated heterocycles. The summed E-state index contributed by atoms with van der Waals surface area (Å²) in [5.41, 5.74) is 9.25. The van der Waals surface area contributed by atoms with Crippen LogP contribution in [-0.2, 0) is 12.8 Å². The first-order valence-electron chi connectivity index (χ1n) is 6.46. The number of hydrogen-bond acceptors (Lipinski definition) is 2. The molecule has 0 unspecified atom stereocenters. The lowest BCUT2D eigenvalue weighted by Crippen LogP contribution is -2.10. The monoisotopic (exact) mass is 268 g/mol. The average molecular weight is 268 g/mol. The van der Waals surface area contributed by atoms with Crippen LogP contribution in [-0.4, -0.2) is 5.84 Å². The number of fused-ring (bicyclic) bond motifs is 1. The van der Waals surface area contributed by atoms with Crippen LogP contribution in [0, 0.1) is 5.41 Å². The van der Waals surface area contributed by atoms with E-state index in [1.54, 1.807) is 11.8 Å². The topological polar surface area (TPSA) is 49.9 Å². The quantitative estimate of drug-likeness (QED) is 0.660. The molecule has 0 amide bonds. The average Bonchev–Trinajstić information content (AvgIpc) is 2.87. The normalized spacial score (nSPS) is 13.3. The van der Waals surface area contributed by atoms with Gasteiger partial charge in [-0.25, -0.2) is 0 Å². The van der Waals surface area contributed by atoms with Crippen LogP contribution in [0.5, 0.6) is 0 Å². The Morgan fingerprint density at radius 1 is 0.947 bits per heavy atom. The summed E-state index contributed by atoms with van der Waals surface area (Å²) in [4.78, 5) is 2.47. The Hall–Kier alpha value is -1.74. The molecule has 2 aromatic rings. The third-order valence-electron chi connectivity index (χ3n) is 3.47. The summed E-state index contributed by atoms with van der Waals surface area (Å²) < 4.78 is 0. The van der Waals surface area contributed by atoms with Gasteiger partial charge in [-0.2, -0.15) is 0 Å². The van der Waals surface area contributed by atoms with Crippen LogP contribution in [0.2, 0.25) is 0 Å². The van der Waals surface area contributed by atoms with Gasteiger partial charge in [0.15, 0.2) is 0 Å². The third kappa shape index (κ3) is 2.66. The molecule has 3 N–H and O–H groups in total. The molecule has 0 aliphatic heterocycles. The fourth-order valence-corrected chi connectivity index (χ4v) is 3.33. The molecule has 0 bridgehead atoms. The van der Waals surface area contributed by atoms with Gasteiger partial charge in [0.25, 0.3) is 0 Å². The van der Waals surface area contributed by atoms with E-state index in [9.17, 15) is 0 Å². The van der Waals surface area contributed by atoms with Gasteiger partial charge in [-0.1, -0.05) is 30.0 Å². The number of nitrogens with one attached hydrogen (secondary N) is 1. The highest BCUT2D eigenvalue weighted by molar-refractivity contribution is 7.99. The molecular formula is C16H16N2S. The smallest absolute Gasteiger partial charge is 0.122 e. The molecule has 3 rings (SSSR count). The molecule has 19 heavy (non-hydrogen) atoms. The molecule has 96 valence electrons. The zero-order valence-corrected chi connectivity index (χ0v) is 11.5. The number of benzene rings is 2. The van der Waals surface area contributed by atoms with Crippen molar-refractivity contribution in [2.24, 2.45) is 5.73 Å². The zero-order chi connectivity index (χ0) is 13.2. The molecule has 1 aliphatic rings. The summed E-state index contributed by atoms with van der Waals surface area (Å²) in [6, 6.07) is 14.6. The highest BCUT2D eigenvalue weighted by Crippen LogP contribution is 2.32. The first kappa shape index (κ1) is 12.3. The van der Waals surface area contributed by atoms with Gasteiger partial charge in [0.1, 0.15) is 5.84 Å². The van der Waals surface area contributed by atoms with Crippen LogP contribution in [0.25, 0.3) is 0 Å². The molecule has 0 fully saturated rings. The number of rotatable bonds is 3. The van der Waals surface area contributed by atoms with Crippen LogP contribution in [0.3, 0.4) is 0 Å². The van der Waals surface area contributed by atoms with E-state index in [1.165, 1.54) is 40.2 Å². The van der Waals surface area contributed by atoms with Crippen LogP contribution in [0.4, 0.5) is 0 Å².